The van der Waals surface area contributed by atoms with Crippen LogP contribution in [0.15, 0.2) is 0 Å². The molecular formula is C28H46N10O16. The van der Waals surface area contributed by atoms with Crippen LogP contribution >= 0.6 is 0 Å². The Hall–Kier alpha value is -5.54. The Bertz CT molecular complexity index is 1180. The fraction of sp³-hybridized carbons (Fsp3) is 0.643. The highest BCUT2D eigenvalue weighted by molar-refractivity contribution is 5.85. The van der Waals surface area contributed by atoms with E-state index in [9.17, 15) is 78.6 Å². The van der Waals surface area contributed by atoms with E-state index >= 15 is 0 Å². The molecule has 304 valence electrons. The van der Waals surface area contributed by atoms with Gasteiger partial charge in [-0.1, -0.05) is 0 Å². The molecule has 26 heteroatoms. The summed E-state index contributed by atoms with van der Waals surface area (Å²) in [5, 5.41) is 56.2. The number of carboxylic acid groups (broad SMARTS) is 6. The van der Waals surface area contributed by atoms with Crippen molar-refractivity contribution in [3.8, 4) is 0 Å². The molecule has 1 rings (SSSR count). The van der Waals surface area contributed by atoms with Crippen LogP contribution in [0.4, 0.5) is 0 Å². The minimum Gasteiger partial charge on any atom is -0.480 e. The maximum Gasteiger partial charge on any atom is 0.317 e. The maximum absolute atomic E-state index is 12.6. The number of carbonyl (C=O) groups is 10. The van der Waals surface area contributed by atoms with E-state index < -0.39 is 125 Å². The summed E-state index contributed by atoms with van der Waals surface area (Å²) in [6.45, 7) is -7.80. The van der Waals surface area contributed by atoms with Crippen molar-refractivity contribution in [1.82, 2.24) is 51.1 Å². The fourth-order valence-corrected chi connectivity index (χ4v) is 4.92. The van der Waals surface area contributed by atoms with Gasteiger partial charge in [-0.05, 0) is 0 Å². The highest BCUT2D eigenvalue weighted by Gasteiger charge is 2.23. The molecule has 10 N–H and O–H groups in total. The summed E-state index contributed by atoms with van der Waals surface area (Å²) in [7, 11) is 0. The fourth-order valence-electron chi connectivity index (χ4n) is 4.92. The molecule has 0 radical (unpaired) electrons. The number of hydrogen-bond acceptors (Lipinski definition) is 16. The van der Waals surface area contributed by atoms with Crippen molar-refractivity contribution < 1.29 is 78.6 Å². The van der Waals surface area contributed by atoms with Gasteiger partial charge in [0.05, 0.1) is 65.4 Å². The zero-order chi connectivity index (χ0) is 40.8. The van der Waals surface area contributed by atoms with Crippen molar-refractivity contribution in [2.75, 3.05) is 118 Å². The van der Waals surface area contributed by atoms with Gasteiger partial charge in [0.2, 0.25) is 0 Å². The normalized spacial score (nSPS) is 19.1. The van der Waals surface area contributed by atoms with Crippen LogP contribution in [0, 0.1) is 0 Å². The van der Waals surface area contributed by atoms with Crippen LogP contribution in [0.1, 0.15) is 0 Å². The van der Waals surface area contributed by atoms with Gasteiger partial charge in [0.1, 0.15) is 0 Å². The number of carboxylic acids is 6. The van der Waals surface area contributed by atoms with Crippen LogP contribution in [-0.4, -0.2) is 237 Å². The van der Waals surface area contributed by atoms with Gasteiger partial charge in [0.25, 0.3) is 23.6 Å². The molecule has 0 aromatic carbocycles. The lowest BCUT2D eigenvalue weighted by Gasteiger charge is -2.28. The average Bonchev–Trinajstić information content (AvgIpc) is 3.03. The first-order chi connectivity index (χ1) is 25.3. The summed E-state index contributed by atoms with van der Waals surface area (Å²) in [6, 6.07) is 0. The second-order valence-corrected chi connectivity index (χ2v) is 12.0. The summed E-state index contributed by atoms with van der Waals surface area (Å²) >= 11 is 0. The molecule has 1 heterocycles. The Labute approximate surface area is 307 Å². The first-order valence-electron chi connectivity index (χ1n) is 16.1. The van der Waals surface area contributed by atoms with E-state index in [2.05, 4.69) is 21.7 Å². The van der Waals surface area contributed by atoms with Crippen molar-refractivity contribution in [2.45, 2.75) is 0 Å². The molecule has 0 saturated carbocycles. The van der Waals surface area contributed by atoms with Crippen molar-refractivity contribution >= 4 is 59.4 Å². The zero-order valence-corrected chi connectivity index (χ0v) is 29.2. The lowest BCUT2D eigenvalue weighted by Crippen LogP contribution is -2.53. The molecule has 0 aromatic heterocycles. The molecule has 0 bridgehead atoms. The summed E-state index contributed by atoms with van der Waals surface area (Å²) in [5.74, 6) is -11.6. The molecule has 1 fully saturated rings. The molecule has 26 nitrogen and oxygen atoms in total. The molecule has 1 aliphatic rings. The molecule has 0 atom stereocenters. The van der Waals surface area contributed by atoms with E-state index in [0.717, 1.165) is 19.6 Å². The minimum atomic E-state index is -1.35. The van der Waals surface area contributed by atoms with Gasteiger partial charge in [-0.2, -0.15) is 0 Å². The second kappa shape index (κ2) is 24.7. The first-order valence-corrected chi connectivity index (χ1v) is 16.1. The average molecular weight is 779 g/mol. The summed E-state index contributed by atoms with van der Waals surface area (Å²) < 4.78 is 0. The third-order valence-corrected chi connectivity index (χ3v) is 7.23. The standard InChI is InChI=1S/C28H46N10O16/c39-19-9-35(15-25(47)48)5-1-33(13-23(43)44)2-6-36(16-26(49)50)10-20(40)31-32-22(42)12-38(18-28(53)54)8-4-34(14-24(45)46)3-7-37(17-27(51)52)11-21(41)30-29-19/h1-18H2,(H,29,39)(H,30,41)(H,31,40)(H,32,42)(H,43,44)(H,45,46)(H,47,48)(H,49,50)(H,51,52)(H,53,54). The van der Waals surface area contributed by atoms with Crippen LogP contribution in [0.25, 0.3) is 0 Å². The van der Waals surface area contributed by atoms with Gasteiger partial charge in [-0.15, -0.1) is 0 Å². The molecule has 0 spiro atoms. The van der Waals surface area contributed by atoms with E-state index in [1.807, 2.05) is 0 Å². The van der Waals surface area contributed by atoms with Crippen molar-refractivity contribution in [2.24, 2.45) is 0 Å². The first kappa shape index (κ1) is 46.5. The van der Waals surface area contributed by atoms with Gasteiger partial charge in [-0.3, -0.25) is 99.0 Å². The van der Waals surface area contributed by atoms with Crippen LogP contribution < -0.4 is 21.7 Å². The molecule has 4 amide bonds. The molecule has 1 aliphatic heterocycles. The van der Waals surface area contributed by atoms with Gasteiger partial charge < -0.3 is 30.6 Å². The number of hydrazine groups is 2. The van der Waals surface area contributed by atoms with Gasteiger partial charge in [-0.25, -0.2) is 0 Å². The lowest BCUT2D eigenvalue weighted by molar-refractivity contribution is -0.142. The van der Waals surface area contributed by atoms with Gasteiger partial charge >= 0.3 is 35.8 Å². The Morgan fingerprint density at radius 1 is 0.333 bits per heavy atom. The molecule has 0 aromatic rings. The Kier molecular flexibility index (Phi) is 21.2. The highest BCUT2D eigenvalue weighted by Crippen LogP contribution is 1.99. The number of rotatable bonds is 12. The third kappa shape index (κ3) is 23.1. The third-order valence-electron chi connectivity index (χ3n) is 7.23. The summed E-state index contributed by atoms with van der Waals surface area (Å²) in [5.41, 5.74) is 8.29. The number of hydrogen-bond donors (Lipinski definition) is 10. The van der Waals surface area contributed by atoms with Gasteiger partial charge in [0, 0.05) is 52.4 Å². The lowest BCUT2D eigenvalue weighted by atomic mass is 10.3. The van der Waals surface area contributed by atoms with E-state index in [-0.39, 0.29) is 52.4 Å². The molecule has 54 heavy (non-hydrogen) atoms. The minimum absolute atomic E-state index is 0.154. The predicted octanol–water partition coefficient (Wildman–Crippen LogP) is -7.39. The molecular weight excluding hydrogens is 732 g/mol. The van der Waals surface area contributed by atoms with E-state index in [1.165, 1.54) is 9.80 Å². The number of nitrogens with zero attached hydrogens (tertiary/aromatic N) is 6. The van der Waals surface area contributed by atoms with E-state index in [1.54, 1.807) is 0 Å². The van der Waals surface area contributed by atoms with Crippen molar-refractivity contribution in [1.29, 1.82) is 0 Å². The van der Waals surface area contributed by atoms with Crippen LogP contribution in [-0.2, 0) is 47.9 Å². The summed E-state index contributed by atoms with van der Waals surface area (Å²) in [6.07, 6.45) is 0. The molecule has 1 saturated heterocycles. The Balaban J connectivity index is 3.35. The van der Waals surface area contributed by atoms with Crippen LogP contribution in [0.5, 0.6) is 0 Å². The predicted molar refractivity (Wildman–Crippen MR) is 177 cm³/mol. The number of aliphatic carboxylic acids is 6. The topological polar surface area (TPSA) is 360 Å². The molecule has 0 unspecified atom stereocenters. The van der Waals surface area contributed by atoms with Gasteiger partial charge in [0.15, 0.2) is 0 Å². The maximum atomic E-state index is 12.6. The largest absolute Gasteiger partial charge is 0.480 e. The number of amides is 4. The van der Waals surface area contributed by atoms with E-state index in [4.69, 9.17) is 0 Å². The molecule has 0 aliphatic carbocycles. The Morgan fingerprint density at radius 3 is 0.648 bits per heavy atom. The van der Waals surface area contributed by atoms with Crippen LogP contribution in [0.3, 0.4) is 0 Å². The Morgan fingerprint density at radius 2 is 0.481 bits per heavy atom. The zero-order valence-electron chi connectivity index (χ0n) is 29.2. The van der Waals surface area contributed by atoms with Crippen molar-refractivity contribution in [3.05, 3.63) is 0 Å². The number of carbonyl (C=O) groups excluding carboxylic acids is 4. The van der Waals surface area contributed by atoms with Crippen molar-refractivity contribution in [3.63, 3.8) is 0 Å². The SMILES string of the molecule is O=C(O)CN1CCN(CC(=O)O)CC(=O)NNC(=O)CN(CC(=O)O)CCN(CC(=O)O)CCN(CC(=O)O)CC(=O)NNC(=O)CN(CC(=O)O)CC1. The quantitative estimate of drug-likeness (QED) is 0.0879. The van der Waals surface area contributed by atoms with Crippen LogP contribution in [0.2, 0.25) is 0 Å². The number of nitrogens with one attached hydrogen (secondary N) is 4. The second-order valence-electron chi connectivity index (χ2n) is 12.0. The smallest absolute Gasteiger partial charge is 0.317 e. The summed E-state index contributed by atoms with van der Waals surface area (Å²) in [4.78, 5) is 127. The monoisotopic (exact) mass is 778 g/mol. The van der Waals surface area contributed by atoms with E-state index in [0.29, 0.717) is 0 Å². The highest BCUT2D eigenvalue weighted by atomic mass is 16.4.